The van der Waals surface area contributed by atoms with Gasteiger partial charge in [0.2, 0.25) is 0 Å². The minimum atomic E-state index is -0.698. The molecule has 0 aliphatic carbocycles. The number of esters is 1. The Kier molecular flexibility index (Phi) is 5.16. The third-order valence-corrected chi connectivity index (χ3v) is 1.07. The molecular formula is C9H14N2O4. The fourth-order valence-corrected chi connectivity index (χ4v) is 0.622. The summed E-state index contributed by atoms with van der Waals surface area (Å²) in [5, 5.41) is 10.3. The molecule has 0 unspecified atom stereocenters. The molecule has 1 amide bonds. The smallest absolute Gasteiger partial charge is 0.408 e. The highest BCUT2D eigenvalue weighted by Crippen LogP contribution is 2.05. The van der Waals surface area contributed by atoms with Gasteiger partial charge in [0.15, 0.2) is 6.61 Å². The number of carbonyl (C=O) groups excluding carboxylic acids is 2. The van der Waals surface area contributed by atoms with E-state index in [1.54, 1.807) is 26.8 Å². The molecule has 15 heavy (non-hydrogen) atoms. The molecule has 0 aliphatic heterocycles. The second-order valence-corrected chi connectivity index (χ2v) is 3.67. The van der Waals surface area contributed by atoms with Gasteiger partial charge in [-0.2, -0.15) is 5.26 Å². The number of hydrogen-bond donors (Lipinski definition) is 1. The quantitative estimate of drug-likeness (QED) is 0.694. The van der Waals surface area contributed by atoms with Crippen molar-refractivity contribution in [1.29, 1.82) is 5.26 Å². The van der Waals surface area contributed by atoms with Crippen LogP contribution in [0.5, 0.6) is 0 Å². The van der Waals surface area contributed by atoms with Crippen molar-refractivity contribution >= 4 is 12.1 Å². The summed E-state index contributed by atoms with van der Waals surface area (Å²) in [4.78, 5) is 21.9. The van der Waals surface area contributed by atoms with Gasteiger partial charge in [-0.05, 0) is 20.8 Å². The van der Waals surface area contributed by atoms with Crippen LogP contribution in [0.2, 0.25) is 0 Å². The van der Waals surface area contributed by atoms with Crippen molar-refractivity contribution in [3.05, 3.63) is 0 Å². The summed E-state index contributed by atoms with van der Waals surface area (Å²) in [5.74, 6) is -0.678. The van der Waals surface area contributed by atoms with E-state index in [1.807, 2.05) is 0 Å². The number of nitriles is 1. The van der Waals surface area contributed by atoms with Crippen molar-refractivity contribution in [3.8, 4) is 6.07 Å². The van der Waals surface area contributed by atoms with Gasteiger partial charge in [0.1, 0.15) is 18.2 Å². The van der Waals surface area contributed by atoms with Crippen molar-refractivity contribution < 1.29 is 19.1 Å². The van der Waals surface area contributed by atoms with Gasteiger partial charge in [0, 0.05) is 0 Å². The highest BCUT2D eigenvalue weighted by atomic mass is 16.6. The first-order chi connectivity index (χ1) is 6.85. The molecule has 84 valence electrons. The van der Waals surface area contributed by atoms with Crippen LogP contribution in [0, 0.1) is 11.3 Å². The minimum Gasteiger partial charge on any atom is -0.449 e. The molecule has 0 saturated carbocycles. The monoisotopic (exact) mass is 214 g/mol. The number of nitrogens with zero attached hydrogens (tertiary/aromatic N) is 1. The molecule has 0 aromatic rings. The highest BCUT2D eigenvalue weighted by Gasteiger charge is 2.16. The van der Waals surface area contributed by atoms with E-state index in [9.17, 15) is 9.59 Å². The number of alkyl carbamates (subject to hydrolysis) is 1. The third kappa shape index (κ3) is 8.56. The first-order valence-corrected chi connectivity index (χ1v) is 4.34. The Labute approximate surface area is 88.2 Å². The summed E-state index contributed by atoms with van der Waals surface area (Å²) in [6.07, 6.45) is -0.698. The molecule has 0 spiro atoms. The SMILES string of the molecule is CC(C)(C)OC(=O)NCC(=O)OCC#N. The molecule has 0 aliphatic rings. The van der Waals surface area contributed by atoms with Crippen LogP contribution in [0.15, 0.2) is 0 Å². The zero-order valence-corrected chi connectivity index (χ0v) is 8.99. The Morgan fingerprint density at radius 3 is 2.47 bits per heavy atom. The molecule has 0 saturated heterocycles. The number of carbonyl (C=O) groups is 2. The normalized spacial score (nSPS) is 10.0. The van der Waals surface area contributed by atoms with E-state index >= 15 is 0 Å². The van der Waals surface area contributed by atoms with E-state index < -0.39 is 17.7 Å². The zero-order chi connectivity index (χ0) is 11.9. The van der Waals surface area contributed by atoms with Crippen LogP contribution < -0.4 is 5.32 Å². The maximum absolute atomic E-state index is 11.0. The molecule has 0 heterocycles. The van der Waals surface area contributed by atoms with Crippen LogP contribution in [-0.4, -0.2) is 30.8 Å². The minimum absolute atomic E-state index is 0.309. The lowest BCUT2D eigenvalue weighted by Gasteiger charge is -2.19. The average molecular weight is 214 g/mol. The lowest BCUT2D eigenvalue weighted by atomic mass is 10.2. The van der Waals surface area contributed by atoms with E-state index in [-0.39, 0.29) is 13.2 Å². The lowest BCUT2D eigenvalue weighted by molar-refractivity contribution is -0.141. The first kappa shape index (κ1) is 13.2. The fourth-order valence-electron chi connectivity index (χ4n) is 0.622. The van der Waals surface area contributed by atoms with Gasteiger partial charge in [0.05, 0.1) is 0 Å². The number of amides is 1. The van der Waals surface area contributed by atoms with Gasteiger partial charge in [-0.15, -0.1) is 0 Å². The van der Waals surface area contributed by atoms with E-state index in [1.165, 1.54) is 0 Å². The molecule has 1 N–H and O–H groups in total. The van der Waals surface area contributed by atoms with Crippen LogP contribution in [0.3, 0.4) is 0 Å². The Morgan fingerprint density at radius 1 is 1.40 bits per heavy atom. The summed E-state index contributed by atoms with van der Waals surface area (Å²) in [6.45, 7) is 4.49. The molecule has 6 nitrogen and oxygen atoms in total. The molecule has 0 fully saturated rings. The van der Waals surface area contributed by atoms with Crippen LogP contribution >= 0.6 is 0 Å². The van der Waals surface area contributed by atoms with Crippen molar-refractivity contribution in [2.75, 3.05) is 13.2 Å². The summed E-state index contributed by atoms with van der Waals surface area (Å²) in [7, 11) is 0. The molecule has 0 atom stereocenters. The number of rotatable bonds is 3. The lowest BCUT2D eigenvalue weighted by Crippen LogP contribution is -2.36. The van der Waals surface area contributed by atoms with E-state index in [2.05, 4.69) is 10.1 Å². The Balaban J connectivity index is 3.73. The predicted octanol–water partition coefficient (Wildman–Crippen LogP) is 0.578. The van der Waals surface area contributed by atoms with Crippen LogP contribution in [0.1, 0.15) is 20.8 Å². The summed E-state index contributed by atoms with van der Waals surface area (Å²) in [6, 6.07) is 1.64. The summed E-state index contributed by atoms with van der Waals surface area (Å²) < 4.78 is 9.27. The second kappa shape index (κ2) is 5.86. The van der Waals surface area contributed by atoms with Crippen molar-refractivity contribution in [2.45, 2.75) is 26.4 Å². The van der Waals surface area contributed by atoms with Gasteiger partial charge in [-0.1, -0.05) is 0 Å². The first-order valence-electron chi connectivity index (χ1n) is 4.34. The molecular weight excluding hydrogens is 200 g/mol. The van der Waals surface area contributed by atoms with Crippen molar-refractivity contribution in [1.82, 2.24) is 5.32 Å². The maximum atomic E-state index is 11.0. The van der Waals surface area contributed by atoms with E-state index in [0.29, 0.717) is 0 Å². The highest BCUT2D eigenvalue weighted by molar-refractivity contribution is 5.78. The zero-order valence-electron chi connectivity index (χ0n) is 8.99. The average Bonchev–Trinajstić information content (AvgIpc) is 2.08. The largest absolute Gasteiger partial charge is 0.449 e. The van der Waals surface area contributed by atoms with Gasteiger partial charge >= 0.3 is 12.1 Å². The van der Waals surface area contributed by atoms with Crippen molar-refractivity contribution in [3.63, 3.8) is 0 Å². The molecule has 0 aromatic carbocycles. The molecule has 6 heteroatoms. The Morgan fingerprint density at radius 2 is 2.00 bits per heavy atom. The van der Waals surface area contributed by atoms with Crippen LogP contribution in [-0.2, 0) is 14.3 Å². The standard InChI is InChI=1S/C9H14N2O4/c1-9(2,3)15-8(13)11-6-7(12)14-5-4-10/h5-6H2,1-3H3,(H,11,13). The molecule has 0 rings (SSSR count). The molecule has 0 radical (unpaired) electrons. The van der Waals surface area contributed by atoms with Crippen molar-refractivity contribution in [2.24, 2.45) is 0 Å². The van der Waals surface area contributed by atoms with Gasteiger partial charge in [-0.3, -0.25) is 4.79 Å². The van der Waals surface area contributed by atoms with Gasteiger partial charge in [0.25, 0.3) is 0 Å². The molecule has 0 aromatic heterocycles. The van der Waals surface area contributed by atoms with Gasteiger partial charge in [-0.25, -0.2) is 4.79 Å². The number of ether oxygens (including phenoxy) is 2. The predicted molar refractivity (Wildman–Crippen MR) is 50.8 cm³/mol. The summed E-state index contributed by atoms with van der Waals surface area (Å²) in [5.41, 5.74) is -0.610. The Hall–Kier alpha value is -1.77. The number of nitrogens with one attached hydrogen (secondary N) is 1. The Bertz CT molecular complexity index is 275. The maximum Gasteiger partial charge on any atom is 0.408 e. The van der Waals surface area contributed by atoms with Crippen LogP contribution in [0.25, 0.3) is 0 Å². The van der Waals surface area contributed by atoms with E-state index in [0.717, 1.165) is 0 Å². The van der Waals surface area contributed by atoms with E-state index in [4.69, 9.17) is 10.00 Å². The third-order valence-electron chi connectivity index (χ3n) is 1.07. The fraction of sp³-hybridized carbons (Fsp3) is 0.667. The summed E-state index contributed by atoms with van der Waals surface area (Å²) >= 11 is 0. The topological polar surface area (TPSA) is 88.4 Å². The molecule has 0 bridgehead atoms. The van der Waals surface area contributed by atoms with Gasteiger partial charge < -0.3 is 14.8 Å². The second-order valence-electron chi connectivity index (χ2n) is 3.67. The van der Waals surface area contributed by atoms with Crippen LogP contribution in [0.4, 0.5) is 4.79 Å². The number of hydrogen-bond acceptors (Lipinski definition) is 5.